The van der Waals surface area contributed by atoms with Crippen LogP contribution in [0.25, 0.3) is 0 Å². The van der Waals surface area contributed by atoms with Gasteiger partial charge in [0, 0.05) is 27.2 Å². The summed E-state index contributed by atoms with van der Waals surface area (Å²) in [5.74, 6) is 0.549. The van der Waals surface area contributed by atoms with Crippen molar-refractivity contribution in [3.8, 4) is 5.75 Å². The van der Waals surface area contributed by atoms with Gasteiger partial charge in [0.25, 0.3) is 0 Å². The molecule has 7 heteroatoms. The van der Waals surface area contributed by atoms with Crippen molar-refractivity contribution in [2.24, 2.45) is 0 Å². The predicted molar refractivity (Wildman–Crippen MR) is 94.4 cm³/mol. The average molecular weight is 349 g/mol. The number of carbonyl (C=O) groups excluding carboxylic acids is 2. The summed E-state index contributed by atoms with van der Waals surface area (Å²) < 4.78 is 10.2. The van der Waals surface area contributed by atoms with Crippen LogP contribution in [0.5, 0.6) is 5.75 Å². The van der Waals surface area contributed by atoms with Crippen LogP contribution in [-0.4, -0.2) is 63.7 Å². The van der Waals surface area contributed by atoms with Crippen molar-refractivity contribution in [3.05, 3.63) is 29.8 Å². The van der Waals surface area contributed by atoms with Crippen molar-refractivity contribution in [1.82, 2.24) is 15.5 Å². The molecule has 7 nitrogen and oxygen atoms in total. The van der Waals surface area contributed by atoms with Gasteiger partial charge in [-0.1, -0.05) is 12.1 Å². The van der Waals surface area contributed by atoms with E-state index in [1.165, 1.54) is 0 Å². The highest BCUT2D eigenvalue weighted by atomic mass is 16.5. The van der Waals surface area contributed by atoms with Crippen LogP contribution in [0.4, 0.5) is 0 Å². The number of hydrogen-bond acceptors (Lipinski definition) is 5. The smallest absolute Gasteiger partial charge is 0.241 e. The quantitative estimate of drug-likeness (QED) is 0.676. The van der Waals surface area contributed by atoms with Crippen molar-refractivity contribution in [3.63, 3.8) is 0 Å². The van der Waals surface area contributed by atoms with Crippen LogP contribution in [0.2, 0.25) is 0 Å². The van der Waals surface area contributed by atoms with Crippen molar-refractivity contribution >= 4 is 11.8 Å². The Morgan fingerprint density at radius 2 is 2.00 bits per heavy atom. The number of rotatable bonds is 8. The Morgan fingerprint density at radius 3 is 2.60 bits per heavy atom. The van der Waals surface area contributed by atoms with Gasteiger partial charge in [-0.2, -0.15) is 0 Å². The summed E-state index contributed by atoms with van der Waals surface area (Å²) in [6.45, 7) is 1.63. The Kier molecular flexibility index (Phi) is 7.21. The topological polar surface area (TPSA) is 79.9 Å². The first-order valence-corrected chi connectivity index (χ1v) is 8.50. The Labute approximate surface area is 148 Å². The summed E-state index contributed by atoms with van der Waals surface area (Å²) in [7, 11) is 4.81. The summed E-state index contributed by atoms with van der Waals surface area (Å²) in [6, 6.07) is 6.58. The van der Waals surface area contributed by atoms with Crippen molar-refractivity contribution < 1.29 is 19.1 Å². The van der Waals surface area contributed by atoms with Gasteiger partial charge in [-0.05, 0) is 30.5 Å². The maximum atomic E-state index is 12.5. The lowest BCUT2D eigenvalue weighted by Gasteiger charge is -2.31. The fourth-order valence-electron chi connectivity index (χ4n) is 3.19. The lowest BCUT2D eigenvalue weighted by molar-refractivity contribution is -0.131. The molecular weight excluding hydrogens is 322 g/mol. The number of amides is 2. The van der Waals surface area contributed by atoms with E-state index in [4.69, 9.17) is 9.47 Å². The average Bonchev–Trinajstić information content (AvgIpc) is 3.11. The lowest BCUT2D eigenvalue weighted by Crippen LogP contribution is -2.48. The van der Waals surface area contributed by atoms with E-state index >= 15 is 0 Å². The van der Waals surface area contributed by atoms with E-state index in [2.05, 4.69) is 10.6 Å². The monoisotopic (exact) mass is 349 g/mol. The highest BCUT2D eigenvalue weighted by Crippen LogP contribution is 2.30. The molecule has 25 heavy (non-hydrogen) atoms. The van der Waals surface area contributed by atoms with Gasteiger partial charge in [-0.15, -0.1) is 0 Å². The van der Waals surface area contributed by atoms with Crippen LogP contribution in [0, 0.1) is 0 Å². The molecule has 1 aliphatic heterocycles. The van der Waals surface area contributed by atoms with Crippen LogP contribution in [-0.2, 0) is 14.3 Å². The van der Waals surface area contributed by atoms with Gasteiger partial charge in [0.2, 0.25) is 11.8 Å². The van der Waals surface area contributed by atoms with E-state index in [9.17, 15) is 9.59 Å². The standard InChI is InChI=1S/C18H27N3O4/c1-19-18(23)16(13-6-8-14(25-3)9-7-13)21-11-4-5-15(21)17(22)20-10-12-24-2/h6-9,15-16H,4-5,10-12H2,1-3H3,(H,19,23)(H,20,22)/t15-,16+/m0/s1. The molecule has 1 fully saturated rings. The zero-order chi connectivity index (χ0) is 18.2. The Hall–Kier alpha value is -2.12. The van der Waals surface area contributed by atoms with E-state index in [1.807, 2.05) is 29.2 Å². The molecule has 2 atom stereocenters. The number of carbonyl (C=O) groups is 2. The first-order chi connectivity index (χ1) is 12.1. The highest BCUT2D eigenvalue weighted by molar-refractivity contribution is 5.86. The third-order valence-corrected chi connectivity index (χ3v) is 4.46. The number of likely N-dealkylation sites (N-methyl/N-ethyl adjacent to an activating group) is 1. The summed E-state index contributed by atoms with van der Waals surface area (Å²) in [5, 5.41) is 5.60. The number of benzene rings is 1. The molecule has 0 spiro atoms. The Bertz CT molecular complexity index is 576. The lowest BCUT2D eigenvalue weighted by atomic mass is 10.0. The number of likely N-dealkylation sites (tertiary alicyclic amines) is 1. The summed E-state index contributed by atoms with van der Waals surface area (Å²) >= 11 is 0. The molecule has 0 aromatic heterocycles. The molecule has 0 unspecified atom stereocenters. The summed E-state index contributed by atoms with van der Waals surface area (Å²) in [5.41, 5.74) is 0.844. The second kappa shape index (κ2) is 9.39. The van der Waals surface area contributed by atoms with Gasteiger partial charge < -0.3 is 20.1 Å². The summed E-state index contributed by atoms with van der Waals surface area (Å²) in [6.07, 6.45) is 1.62. The third kappa shape index (κ3) is 4.70. The second-order valence-corrected chi connectivity index (χ2v) is 5.97. The Balaban J connectivity index is 2.20. The second-order valence-electron chi connectivity index (χ2n) is 5.97. The minimum Gasteiger partial charge on any atom is -0.497 e. The van der Waals surface area contributed by atoms with Crippen LogP contribution >= 0.6 is 0 Å². The number of methoxy groups -OCH3 is 2. The van der Waals surface area contributed by atoms with Gasteiger partial charge in [0.15, 0.2) is 0 Å². The fraction of sp³-hybridized carbons (Fsp3) is 0.556. The zero-order valence-electron chi connectivity index (χ0n) is 15.1. The maximum Gasteiger partial charge on any atom is 0.241 e. The van der Waals surface area contributed by atoms with Crippen LogP contribution in [0.15, 0.2) is 24.3 Å². The van der Waals surface area contributed by atoms with Crippen molar-refractivity contribution in [2.75, 3.05) is 41.0 Å². The number of nitrogens with one attached hydrogen (secondary N) is 2. The van der Waals surface area contributed by atoms with Crippen LogP contribution in [0.1, 0.15) is 24.4 Å². The molecule has 1 heterocycles. The van der Waals surface area contributed by atoms with Gasteiger partial charge in [0.1, 0.15) is 11.8 Å². The van der Waals surface area contributed by atoms with Gasteiger partial charge >= 0.3 is 0 Å². The molecule has 1 saturated heterocycles. The molecule has 2 N–H and O–H groups in total. The van der Waals surface area contributed by atoms with E-state index in [0.717, 1.165) is 24.2 Å². The maximum absolute atomic E-state index is 12.5. The van der Waals surface area contributed by atoms with E-state index < -0.39 is 6.04 Å². The van der Waals surface area contributed by atoms with E-state index in [-0.39, 0.29) is 17.9 Å². The first-order valence-electron chi connectivity index (χ1n) is 8.50. The normalized spacial score (nSPS) is 18.6. The summed E-state index contributed by atoms with van der Waals surface area (Å²) in [4.78, 5) is 27.0. The third-order valence-electron chi connectivity index (χ3n) is 4.46. The van der Waals surface area contributed by atoms with Crippen LogP contribution in [0.3, 0.4) is 0 Å². The van der Waals surface area contributed by atoms with E-state index in [1.54, 1.807) is 21.3 Å². The molecule has 1 aromatic rings. The number of ether oxygens (including phenoxy) is 2. The molecule has 1 aromatic carbocycles. The van der Waals surface area contributed by atoms with Gasteiger partial charge in [-0.3, -0.25) is 14.5 Å². The molecule has 0 aliphatic carbocycles. The molecule has 0 bridgehead atoms. The van der Waals surface area contributed by atoms with Gasteiger partial charge in [0.05, 0.1) is 19.8 Å². The molecular formula is C18H27N3O4. The number of hydrogen-bond donors (Lipinski definition) is 2. The minimum absolute atomic E-state index is 0.0584. The van der Waals surface area contributed by atoms with Gasteiger partial charge in [-0.25, -0.2) is 0 Å². The highest BCUT2D eigenvalue weighted by Gasteiger charge is 2.38. The van der Waals surface area contributed by atoms with Crippen molar-refractivity contribution in [1.29, 1.82) is 0 Å². The fourth-order valence-corrected chi connectivity index (χ4v) is 3.19. The first kappa shape index (κ1) is 19.2. The molecule has 2 amide bonds. The predicted octanol–water partition coefficient (Wildman–Crippen LogP) is 0.709. The molecule has 0 saturated carbocycles. The van der Waals surface area contributed by atoms with Crippen LogP contribution < -0.4 is 15.4 Å². The molecule has 138 valence electrons. The van der Waals surface area contributed by atoms with E-state index in [0.29, 0.717) is 19.7 Å². The molecule has 0 radical (unpaired) electrons. The number of nitrogens with zero attached hydrogens (tertiary/aromatic N) is 1. The molecule has 2 rings (SSSR count). The zero-order valence-corrected chi connectivity index (χ0v) is 15.1. The molecule has 1 aliphatic rings. The largest absolute Gasteiger partial charge is 0.497 e. The SMILES string of the molecule is CNC(=O)[C@@H](c1ccc(OC)cc1)N1CCC[C@H]1C(=O)NCCOC. The minimum atomic E-state index is -0.503. The Morgan fingerprint density at radius 1 is 1.28 bits per heavy atom. The van der Waals surface area contributed by atoms with Crippen molar-refractivity contribution in [2.45, 2.75) is 24.9 Å².